The van der Waals surface area contributed by atoms with Gasteiger partial charge in [-0.05, 0) is 31.9 Å². The van der Waals surface area contributed by atoms with Gasteiger partial charge in [-0.3, -0.25) is 4.68 Å². The third-order valence-electron chi connectivity index (χ3n) is 3.31. The number of ether oxygens (including phenoxy) is 1. The van der Waals surface area contributed by atoms with Gasteiger partial charge < -0.3 is 10.1 Å². The molecule has 3 rings (SSSR count). The van der Waals surface area contributed by atoms with Crippen molar-refractivity contribution in [1.29, 1.82) is 0 Å². The van der Waals surface area contributed by atoms with Crippen LogP contribution in [0.5, 0.6) is 0 Å². The van der Waals surface area contributed by atoms with E-state index < -0.39 is 0 Å². The van der Waals surface area contributed by atoms with E-state index in [0.717, 1.165) is 31.8 Å². The number of thiophene rings is 1. The molecule has 0 saturated carbocycles. The summed E-state index contributed by atoms with van der Waals surface area (Å²) in [5.41, 5.74) is 1.07. The summed E-state index contributed by atoms with van der Waals surface area (Å²) in [4.78, 5) is 2.70. The zero-order valence-electron chi connectivity index (χ0n) is 11.1. The lowest BCUT2D eigenvalue weighted by molar-refractivity contribution is 0.0940. The molecule has 102 valence electrons. The van der Waals surface area contributed by atoms with Crippen LogP contribution in [0.25, 0.3) is 0 Å². The fraction of sp³-hybridized carbons (Fsp3) is 0.500. The Hall–Kier alpha value is -1.33. The summed E-state index contributed by atoms with van der Waals surface area (Å²) in [6.07, 6.45) is 6.61. The first kappa shape index (κ1) is 12.7. The van der Waals surface area contributed by atoms with Gasteiger partial charge in [-0.25, -0.2) is 0 Å². The van der Waals surface area contributed by atoms with Crippen LogP contribution in [0.1, 0.15) is 22.6 Å². The summed E-state index contributed by atoms with van der Waals surface area (Å²) in [6.45, 7) is 4.76. The van der Waals surface area contributed by atoms with E-state index in [1.54, 1.807) is 0 Å². The Balaban J connectivity index is 1.52. The molecule has 1 atom stereocenters. The SMILES string of the molecule is Cc1ccc(CNc2cnn(CC3CCCO3)c2)s1. The van der Waals surface area contributed by atoms with Crippen molar-refractivity contribution in [2.75, 3.05) is 11.9 Å². The third-order valence-corrected chi connectivity index (χ3v) is 4.31. The highest BCUT2D eigenvalue weighted by Crippen LogP contribution is 2.18. The minimum Gasteiger partial charge on any atom is -0.378 e. The van der Waals surface area contributed by atoms with Gasteiger partial charge in [-0.15, -0.1) is 11.3 Å². The van der Waals surface area contributed by atoms with E-state index in [2.05, 4.69) is 35.7 Å². The highest BCUT2D eigenvalue weighted by molar-refractivity contribution is 7.11. The molecular formula is C14H19N3OS. The molecule has 4 nitrogen and oxygen atoms in total. The minimum atomic E-state index is 0.340. The number of anilines is 1. The Labute approximate surface area is 117 Å². The lowest BCUT2D eigenvalue weighted by atomic mass is 10.2. The first-order valence-electron chi connectivity index (χ1n) is 6.73. The van der Waals surface area contributed by atoms with Gasteiger partial charge in [-0.2, -0.15) is 5.10 Å². The molecule has 0 radical (unpaired) electrons. The van der Waals surface area contributed by atoms with Crippen molar-refractivity contribution in [3.63, 3.8) is 0 Å². The molecule has 1 N–H and O–H groups in total. The first-order valence-corrected chi connectivity index (χ1v) is 7.54. The number of aryl methyl sites for hydroxylation is 1. The molecule has 0 aromatic carbocycles. The van der Waals surface area contributed by atoms with Gasteiger partial charge in [0, 0.05) is 29.1 Å². The highest BCUT2D eigenvalue weighted by atomic mass is 32.1. The third kappa shape index (κ3) is 3.36. The van der Waals surface area contributed by atoms with Gasteiger partial charge in [-0.1, -0.05) is 0 Å². The Kier molecular flexibility index (Phi) is 3.84. The van der Waals surface area contributed by atoms with Crippen molar-refractivity contribution in [1.82, 2.24) is 9.78 Å². The van der Waals surface area contributed by atoms with Gasteiger partial charge in [0.05, 0.1) is 24.5 Å². The molecule has 1 fully saturated rings. The molecule has 1 saturated heterocycles. The second-order valence-corrected chi connectivity index (χ2v) is 6.32. The standard InChI is InChI=1S/C14H19N3OS/c1-11-4-5-14(19-11)8-15-12-7-16-17(9-12)10-13-3-2-6-18-13/h4-5,7,9,13,15H,2-3,6,8,10H2,1H3. The summed E-state index contributed by atoms with van der Waals surface area (Å²) in [6, 6.07) is 4.33. The van der Waals surface area contributed by atoms with E-state index in [0.29, 0.717) is 6.10 Å². The molecule has 0 spiro atoms. The number of aromatic nitrogens is 2. The van der Waals surface area contributed by atoms with Crippen LogP contribution in [-0.4, -0.2) is 22.5 Å². The molecule has 0 amide bonds. The Morgan fingerprint density at radius 3 is 3.21 bits per heavy atom. The van der Waals surface area contributed by atoms with Crippen molar-refractivity contribution >= 4 is 17.0 Å². The molecular weight excluding hydrogens is 258 g/mol. The molecule has 0 aliphatic carbocycles. The molecule has 1 aliphatic heterocycles. The van der Waals surface area contributed by atoms with Gasteiger partial charge in [0.25, 0.3) is 0 Å². The molecule has 2 aromatic rings. The summed E-state index contributed by atoms with van der Waals surface area (Å²) in [5.74, 6) is 0. The predicted octanol–water partition coefficient (Wildman–Crippen LogP) is 3.04. The number of nitrogens with one attached hydrogen (secondary N) is 1. The quantitative estimate of drug-likeness (QED) is 0.913. The average Bonchev–Trinajstić information content (AvgIpc) is 3.10. The molecule has 5 heteroatoms. The second-order valence-electron chi connectivity index (χ2n) is 4.95. The van der Waals surface area contributed by atoms with Crippen molar-refractivity contribution in [2.24, 2.45) is 0 Å². The largest absolute Gasteiger partial charge is 0.378 e. The summed E-state index contributed by atoms with van der Waals surface area (Å²) in [7, 11) is 0. The normalized spacial score (nSPS) is 18.9. The maximum Gasteiger partial charge on any atom is 0.0771 e. The molecule has 2 aromatic heterocycles. The van der Waals surface area contributed by atoms with Gasteiger partial charge in [0.2, 0.25) is 0 Å². The predicted molar refractivity (Wildman–Crippen MR) is 77.6 cm³/mol. The van der Waals surface area contributed by atoms with Crippen LogP contribution in [0.3, 0.4) is 0 Å². The van der Waals surface area contributed by atoms with Crippen LogP contribution in [0.15, 0.2) is 24.5 Å². The topological polar surface area (TPSA) is 39.1 Å². The van der Waals surface area contributed by atoms with Crippen LogP contribution < -0.4 is 5.32 Å². The zero-order chi connectivity index (χ0) is 13.1. The lowest BCUT2D eigenvalue weighted by Crippen LogP contribution is -2.15. The van der Waals surface area contributed by atoms with Gasteiger partial charge in [0.15, 0.2) is 0 Å². The fourth-order valence-electron chi connectivity index (χ4n) is 2.32. The van der Waals surface area contributed by atoms with E-state index in [9.17, 15) is 0 Å². The smallest absolute Gasteiger partial charge is 0.0771 e. The van der Waals surface area contributed by atoms with Crippen molar-refractivity contribution < 1.29 is 4.74 Å². The van der Waals surface area contributed by atoms with E-state index >= 15 is 0 Å². The highest BCUT2D eigenvalue weighted by Gasteiger charge is 2.16. The van der Waals surface area contributed by atoms with Crippen LogP contribution in [-0.2, 0) is 17.8 Å². The van der Waals surface area contributed by atoms with E-state index in [4.69, 9.17) is 4.74 Å². The molecule has 1 aliphatic rings. The summed E-state index contributed by atoms with van der Waals surface area (Å²) < 4.78 is 7.59. The van der Waals surface area contributed by atoms with Crippen LogP contribution in [0.4, 0.5) is 5.69 Å². The number of hydrogen-bond acceptors (Lipinski definition) is 4. The molecule has 0 bridgehead atoms. The van der Waals surface area contributed by atoms with E-state index in [1.807, 2.05) is 22.2 Å². The molecule has 19 heavy (non-hydrogen) atoms. The van der Waals surface area contributed by atoms with E-state index in [1.165, 1.54) is 16.2 Å². The first-order chi connectivity index (χ1) is 9.29. The van der Waals surface area contributed by atoms with Crippen LogP contribution >= 0.6 is 11.3 Å². The van der Waals surface area contributed by atoms with Crippen LogP contribution in [0.2, 0.25) is 0 Å². The van der Waals surface area contributed by atoms with Gasteiger partial charge in [0.1, 0.15) is 0 Å². The van der Waals surface area contributed by atoms with Gasteiger partial charge >= 0.3 is 0 Å². The summed E-state index contributed by atoms with van der Waals surface area (Å²) in [5, 5.41) is 7.78. The minimum absolute atomic E-state index is 0.340. The Morgan fingerprint density at radius 2 is 2.47 bits per heavy atom. The lowest BCUT2D eigenvalue weighted by Gasteiger charge is -2.08. The summed E-state index contributed by atoms with van der Waals surface area (Å²) >= 11 is 1.83. The number of nitrogens with zero attached hydrogens (tertiary/aromatic N) is 2. The fourth-order valence-corrected chi connectivity index (χ4v) is 3.15. The number of rotatable bonds is 5. The Bertz CT molecular complexity index is 528. The molecule has 3 heterocycles. The average molecular weight is 277 g/mol. The van der Waals surface area contributed by atoms with Crippen molar-refractivity contribution in [3.8, 4) is 0 Å². The Morgan fingerprint density at radius 1 is 1.53 bits per heavy atom. The zero-order valence-corrected chi connectivity index (χ0v) is 11.9. The monoisotopic (exact) mass is 277 g/mol. The molecule has 1 unspecified atom stereocenters. The second kappa shape index (κ2) is 5.75. The van der Waals surface area contributed by atoms with Crippen molar-refractivity contribution in [3.05, 3.63) is 34.3 Å². The number of hydrogen-bond donors (Lipinski definition) is 1. The van der Waals surface area contributed by atoms with Crippen molar-refractivity contribution in [2.45, 2.75) is 39.0 Å². The maximum atomic E-state index is 5.62. The maximum absolute atomic E-state index is 5.62. The van der Waals surface area contributed by atoms with Crippen LogP contribution in [0, 0.1) is 6.92 Å². The van der Waals surface area contributed by atoms with E-state index in [-0.39, 0.29) is 0 Å².